The standard InChI is InChI=1S/C15H32N2O/c1-5-9-11-13(10-6-2)17-14(18)15(7-3,8-4)12-16/h13H,5-12,16H2,1-4H3,(H,17,18). The highest BCUT2D eigenvalue weighted by Crippen LogP contribution is 2.25. The molecule has 3 N–H and O–H groups in total. The Bertz CT molecular complexity index is 216. The number of amides is 1. The van der Waals surface area contributed by atoms with Crippen LogP contribution in [0, 0.1) is 5.41 Å². The summed E-state index contributed by atoms with van der Waals surface area (Å²) in [6, 6.07) is 0.325. The largest absolute Gasteiger partial charge is 0.353 e. The number of rotatable bonds is 10. The van der Waals surface area contributed by atoms with Crippen LogP contribution in [0.3, 0.4) is 0 Å². The lowest BCUT2D eigenvalue weighted by Crippen LogP contribution is -2.48. The fourth-order valence-electron chi connectivity index (χ4n) is 2.38. The summed E-state index contributed by atoms with van der Waals surface area (Å²) in [5, 5.41) is 3.23. The zero-order valence-electron chi connectivity index (χ0n) is 12.7. The minimum atomic E-state index is -0.363. The molecule has 0 aliphatic rings. The summed E-state index contributed by atoms with van der Waals surface area (Å²) in [5.41, 5.74) is 5.46. The van der Waals surface area contributed by atoms with E-state index in [4.69, 9.17) is 5.73 Å². The summed E-state index contributed by atoms with van der Waals surface area (Å²) in [6.07, 6.45) is 7.27. The topological polar surface area (TPSA) is 55.1 Å². The molecule has 0 saturated heterocycles. The van der Waals surface area contributed by atoms with E-state index >= 15 is 0 Å². The Hall–Kier alpha value is -0.570. The van der Waals surface area contributed by atoms with Crippen LogP contribution in [0.5, 0.6) is 0 Å². The first-order valence-corrected chi connectivity index (χ1v) is 7.61. The molecular weight excluding hydrogens is 224 g/mol. The van der Waals surface area contributed by atoms with Gasteiger partial charge in [-0.2, -0.15) is 0 Å². The number of hydrogen-bond acceptors (Lipinski definition) is 2. The van der Waals surface area contributed by atoms with Crippen LogP contribution in [0.15, 0.2) is 0 Å². The third-order valence-electron chi connectivity index (χ3n) is 4.10. The van der Waals surface area contributed by atoms with E-state index in [2.05, 4.69) is 33.0 Å². The molecule has 1 amide bonds. The quantitative estimate of drug-likeness (QED) is 0.630. The second kappa shape index (κ2) is 9.37. The van der Waals surface area contributed by atoms with Crippen LogP contribution in [-0.2, 0) is 4.79 Å². The number of carbonyl (C=O) groups is 1. The molecule has 0 rings (SSSR count). The Morgan fingerprint density at radius 3 is 2.11 bits per heavy atom. The van der Waals surface area contributed by atoms with Gasteiger partial charge >= 0.3 is 0 Å². The molecule has 0 saturated carbocycles. The normalized spacial score (nSPS) is 13.4. The fraction of sp³-hybridized carbons (Fsp3) is 0.933. The van der Waals surface area contributed by atoms with Gasteiger partial charge in [0.15, 0.2) is 0 Å². The van der Waals surface area contributed by atoms with Crippen molar-refractivity contribution in [3.63, 3.8) is 0 Å². The van der Waals surface area contributed by atoms with E-state index < -0.39 is 0 Å². The van der Waals surface area contributed by atoms with Crippen LogP contribution in [-0.4, -0.2) is 18.5 Å². The first-order chi connectivity index (χ1) is 8.60. The van der Waals surface area contributed by atoms with Crippen molar-refractivity contribution in [1.82, 2.24) is 5.32 Å². The van der Waals surface area contributed by atoms with Crippen molar-refractivity contribution in [3.8, 4) is 0 Å². The van der Waals surface area contributed by atoms with Gasteiger partial charge in [0, 0.05) is 12.6 Å². The molecule has 0 aromatic heterocycles. The maximum absolute atomic E-state index is 12.4. The highest BCUT2D eigenvalue weighted by Gasteiger charge is 2.34. The van der Waals surface area contributed by atoms with Crippen molar-refractivity contribution >= 4 is 5.91 Å². The third kappa shape index (κ3) is 4.97. The third-order valence-corrected chi connectivity index (χ3v) is 4.10. The monoisotopic (exact) mass is 256 g/mol. The summed E-state index contributed by atoms with van der Waals surface area (Å²) in [6.45, 7) is 8.90. The molecule has 3 nitrogen and oxygen atoms in total. The van der Waals surface area contributed by atoms with Crippen molar-refractivity contribution in [1.29, 1.82) is 0 Å². The average Bonchev–Trinajstić information content (AvgIpc) is 2.39. The van der Waals surface area contributed by atoms with Crippen LogP contribution < -0.4 is 11.1 Å². The molecule has 3 heteroatoms. The van der Waals surface area contributed by atoms with E-state index in [9.17, 15) is 4.79 Å². The molecule has 0 aliphatic carbocycles. The predicted octanol–water partition coefficient (Wildman–Crippen LogP) is 3.23. The summed E-state index contributed by atoms with van der Waals surface area (Å²) in [7, 11) is 0. The molecule has 0 fully saturated rings. The molecule has 18 heavy (non-hydrogen) atoms. The molecular formula is C15H32N2O. The van der Waals surface area contributed by atoms with Crippen molar-refractivity contribution in [2.24, 2.45) is 11.1 Å². The lowest BCUT2D eigenvalue weighted by molar-refractivity contribution is -0.131. The Morgan fingerprint density at radius 1 is 1.11 bits per heavy atom. The maximum Gasteiger partial charge on any atom is 0.227 e. The first-order valence-electron chi connectivity index (χ1n) is 7.61. The van der Waals surface area contributed by atoms with Gasteiger partial charge in [0.1, 0.15) is 0 Å². The van der Waals surface area contributed by atoms with Gasteiger partial charge in [-0.1, -0.05) is 47.0 Å². The maximum atomic E-state index is 12.4. The van der Waals surface area contributed by atoms with Gasteiger partial charge in [0.25, 0.3) is 0 Å². The second-order valence-corrected chi connectivity index (χ2v) is 5.29. The fourth-order valence-corrected chi connectivity index (χ4v) is 2.38. The van der Waals surface area contributed by atoms with Crippen molar-refractivity contribution < 1.29 is 4.79 Å². The van der Waals surface area contributed by atoms with Gasteiger partial charge in [-0.3, -0.25) is 4.79 Å². The Kier molecular flexibility index (Phi) is 9.08. The minimum Gasteiger partial charge on any atom is -0.353 e. The summed E-state index contributed by atoms with van der Waals surface area (Å²) in [5.74, 6) is 0.157. The molecule has 0 bridgehead atoms. The van der Waals surface area contributed by atoms with Crippen molar-refractivity contribution in [2.45, 2.75) is 78.7 Å². The van der Waals surface area contributed by atoms with Gasteiger partial charge in [-0.15, -0.1) is 0 Å². The molecule has 1 unspecified atom stereocenters. The molecule has 0 aromatic rings. The summed E-state index contributed by atoms with van der Waals surface area (Å²) in [4.78, 5) is 12.4. The minimum absolute atomic E-state index is 0.157. The average molecular weight is 256 g/mol. The Balaban J connectivity index is 4.54. The van der Waals surface area contributed by atoms with Crippen LogP contribution in [0.1, 0.15) is 72.6 Å². The van der Waals surface area contributed by atoms with Gasteiger partial charge in [0.05, 0.1) is 5.41 Å². The zero-order valence-corrected chi connectivity index (χ0v) is 12.7. The van der Waals surface area contributed by atoms with E-state index in [0.29, 0.717) is 12.6 Å². The predicted molar refractivity (Wildman–Crippen MR) is 78.4 cm³/mol. The smallest absolute Gasteiger partial charge is 0.227 e. The van der Waals surface area contributed by atoms with E-state index in [1.54, 1.807) is 0 Å². The molecule has 0 heterocycles. The first kappa shape index (κ1) is 17.4. The number of nitrogens with two attached hydrogens (primary N) is 1. The summed E-state index contributed by atoms with van der Waals surface area (Å²) >= 11 is 0. The molecule has 0 aliphatic heterocycles. The molecule has 1 atom stereocenters. The van der Waals surface area contributed by atoms with Crippen LogP contribution in [0.25, 0.3) is 0 Å². The Morgan fingerprint density at radius 2 is 1.72 bits per heavy atom. The molecule has 0 spiro atoms. The molecule has 0 radical (unpaired) electrons. The van der Waals surface area contributed by atoms with Gasteiger partial charge < -0.3 is 11.1 Å². The zero-order chi connectivity index (χ0) is 14.0. The number of nitrogens with one attached hydrogen (secondary N) is 1. The van der Waals surface area contributed by atoms with Crippen LogP contribution in [0.2, 0.25) is 0 Å². The van der Waals surface area contributed by atoms with E-state index in [0.717, 1.165) is 32.1 Å². The van der Waals surface area contributed by atoms with Gasteiger partial charge in [-0.25, -0.2) is 0 Å². The van der Waals surface area contributed by atoms with Crippen LogP contribution in [0.4, 0.5) is 0 Å². The number of hydrogen-bond donors (Lipinski definition) is 2. The van der Waals surface area contributed by atoms with Crippen molar-refractivity contribution in [3.05, 3.63) is 0 Å². The number of unbranched alkanes of at least 4 members (excludes halogenated alkanes) is 1. The van der Waals surface area contributed by atoms with Crippen LogP contribution >= 0.6 is 0 Å². The lowest BCUT2D eigenvalue weighted by atomic mass is 9.81. The Labute approximate surface area is 113 Å². The van der Waals surface area contributed by atoms with Crippen molar-refractivity contribution in [2.75, 3.05) is 6.54 Å². The second-order valence-electron chi connectivity index (χ2n) is 5.29. The molecule has 0 aromatic carbocycles. The highest BCUT2D eigenvalue weighted by atomic mass is 16.2. The van der Waals surface area contributed by atoms with E-state index in [1.807, 2.05) is 0 Å². The van der Waals surface area contributed by atoms with Gasteiger partial charge in [-0.05, 0) is 25.7 Å². The summed E-state index contributed by atoms with van der Waals surface area (Å²) < 4.78 is 0. The van der Waals surface area contributed by atoms with E-state index in [1.165, 1.54) is 12.8 Å². The lowest BCUT2D eigenvalue weighted by Gasteiger charge is -2.31. The highest BCUT2D eigenvalue weighted by molar-refractivity contribution is 5.83. The van der Waals surface area contributed by atoms with E-state index in [-0.39, 0.29) is 11.3 Å². The SMILES string of the molecule is CCCCC(CCC)NC(=O)C(CC)(CC)CN. The molecule has 108 valence electrons. The number of carbonyl (C=O) groups excluding carboxylic acids is 1. The van der Waals surface area contributed by atoms with Gasteiger partial charge in [0.2, 0.25) is 5.91 Å².